The standard InChI is InChI=1S/C55H39N3O/c1-3-15-37-32-39(26-24-34(37)12-1)41-30-31-48(45-19-8-7-18-44(41)45)53-56-54(49-22-11-21-47-46-20-9-10-23-50(46)59-52(47)49)58-55(57-53)51-42-17-6-5-14-36(42)28-29-43(51)40-27-25-35-13-2-4-16-38(35)33-40/h2,4-11,13-14,16-34,37H,1,3,12,15H2. The molecule has 0 radical (unpaired) electrons. The lowest BCUT2D eigenvalue weighted by Crippen LogP contribution is -2.18. The Bertz CT molecular complexity index is 3370. The first-order valence-corrected chi connectivity index (χ1v) is 20.8. The minimum absolute atomic E-state index is 0.571. The molecule has 0 amide bonds. The van der Waals surface area contributed by atoms with Crippen LogP contribution in [0.15, 0.2) is 180 Å². The van der Waals surface area contributed by atoms with Crippen LogP contribution in [0.5, 0.6) is 0 Å². The van der Waals surface area contributed by atoms with Crippen LogP contribution in [0.25, 0.3) is 105 Å². The zero-order chi connectivity index (χ0) is 38.9. The lowest BCUT2D eigenvalue weighted by atomic mass is 9.74. The maximum absolute atomic E-state index is 6.61. The molecule has 2 unspecified atom stereocenters. The van der Waals surface area contributed by atoms with Crippen LogP contribution in [-0.2, 0) is 0 Å². The molecule has 12 rings (SSSR count). The van der Waals surface area contributed by atoms with Gasteiger partial charge in [-0.2, -0.15) is 0 Å². The normalized spacial score (nSPS) is 16.6. The third-order valence-electron chi connectivity index (χ3n) is 12.8. The highest BCUT2D eigenvalue weighted by Crippen LogP contribution is 2.43. The molecule has 59 heavy (non-hydrogen) atoms. The van der Waals surface area contributed by atoms with E-state index in [4.69, 9.17) is 19.4 Å². The fourth-order valence-corrected chi connectivity index (χ4v) is 9.83. The summed E-state index contributed by atoms with van der Waals surface area (Å²) in [6.07, 6.45) is 12.5. The number of aromatic nitrogens is 3. The quantitative estimate of drug-likeness (QED) is 0.175. The van der Waals surface area contributed by atoms with Gasteiger partial charge in [-0.1, -0.05) is 165 Å². The van der Waals surface area contributed by atoms with Gasteiger partial charge in [-0.3, -0.25) is 0 Å². The number of fused-ring (bicyclic) bond motifs is 7. The lowest BCUT2D eigenvalue weighted by Gasteiger charge is -2.30. The van der Waals surface area contributed by atoms with E-state index < -0.39 is 0 Å². The van der Waals surface area contributed by atoms with Crippen LogP contribution in [0, 0.1) is 11.8 Å². The average Bonchev–Trinajstić information content (AvgIpc) is 3.69. The predicted molar refractivity (Wildman–Crippen MR) is 244 cm³/mol. The number of hydrogen-bond acceptors (Lipinski definition) is 4. The summed E-state index contributed by atoms with van der Waals surface area (Å²) in [5.41, 5.74) is 9.10. The Kier molecular flexibility index (Phi) is 7.90. The lowest BCUT2D eigenvalue weighted by molar-refractivity contribution is 0.336. The number of hydrogen-bond donors (Lipinski definition) is 0. The van der Waals surface area contributed by atoms with Crippen LogP contribution in [0.4, 0.5) is 0 Å². The first-order chi connectivity index (χ1) is 29.2. The predicted octanol–water partition coefficient (Wildman–Crippen LogP) is 14.7. The molecule has 10 aromatic rings. The van der Waals surface area contributed by atoms with Gasteiger partial charge in [0.15, 0.2) is 17.5 Å². The summed E-state index contributed by atoms with van der Waals surface area (Å²) < 4.78 is 6.61. The van der Waals surface area contributed by atoms with Crippen LogP contribution in [0.2, 0.25) is 0 Å². The van der Waals surface area contributed by atoms with Crippen LogP contribution in [-0.4, -0.2) is 15.0 Å². The van der Waals surface area contributed by atoms with E-state index in [1.54, 1.807) is 0 Å². The average molecular weight is 758 g/mol. The van der Waals surface area contributed by atoms with Crippen LogP contribution in [0.3, 0.4) is 0 Å². The number of rotatable bonds is 5. The first-order valence-electron chi connectivity index (χ1n) is 20.8. The van der Waals surface area contributed by atoms with E-state index in [1.807, 2.05) is 12.1 Å². The fourth-order valence-electron chi connectivity index (χ4n) is 9.83. The largest absolute Gasteiger partial charge is 0.455 e. The Morgan fingerprint density at radius 3 is 1.93 bits per heavy atom. The van der Waals surface area contributed by atoms with Gasteiger partial charge in [0.1, 0.15) is 11.2 Å². The molecule has 2 aliphatic carbocycles. The van der Waals surface area contributed by atoms with Crippen LogP contribution in [0.1, 0.15) is 31.2 Å². The highest BCUT2D eigenvalue weighted by molar-refractivity contribution is 6.10. The van der Waals surface area contributed by atoms with Crippen molar-refractivity contribution in [3.05, 3.63) is 182 Å². The van der Waals surface area contributed by atoms with E-state index in [9.17, 15) is 0 Å². The van der Waals surface area contributed by atoms with Gasteiger partial charge in [0.05, 0.1) is 5.56 Å². The third kappa shape index (κ3) is 5.70. The molecule has 0 bridgehead atoms. The highest BCUT2D eigenvalue weighted by Gasteiger charge is 2.26. The second kappa shape index (κ2) is 13.7. The molecule has 0 aliphatic heterocycles. The zero-order valence-corrected chi connectivity index (χ0v) is 32.5. The van der Waals surface area contributed by atoms with Crippen LogP contribution >= 0.6 is 0 Å². The number of nitrogens with zero attached hydrogens (tertiary/aromatic N) is 3. The Balaban J connectivity index is 1.12. The minimum Gasteiger partial charge on any atom is -0.455 e. The maximum Gasteiger partial charge on any atom is 0.167 e. The van der Waals surface area contributed by atoms with Gasteiger partial charge < -0.3 is 4.42 Å². The third-order valence-corrected chi connectivity index (χ3v) is 12.8. The van der Waals surface area contributed by atoms with Gasteiger partial charge in [0.25, 0.3) is 0 Å². The van der Waals surface area contributed by atoms with Gasteiger partial charge in [0, 0.05) is 21.9 Å². The van der Waals surface area contributed by atoms with Crippen molar-refractivity contribution < 1.29 is 4.42 Å². The number of furan rings is 1. The summed E-state index contributed by atoms with van der Waals surface area (Å²) in [7, 11) is 0. The summed E-state index contributed by atoms with van der Waals surface area (Å²) >= 11 is 0. The van der Waals surface area contributed by atoms with E-state index in [0.29, 0.717) is 29.3 Å². The number of allylic oxidation sites excluding steroid dienone is 4. The Labute approximate surface area is 342 Å². The first kappa shape index (κ1) is 33.9. The number of benzene rings is 8. The molecule has 1 saturated carbocycles. The summed E-state index contributed by atoms with van der Waals surface area (Å²) in [5, 5.41) is 9.01. The van der Waals surface area contributed by atoms with Crippen LogP contribution < -0.4 is 0 Å². The van der Waals surface area contributed by atoms with Crippen molar-refractivity contribution in [3.8, 4) is 45.3 Å². The summed E-state index contributed by atoms with van der Waals surface area (Å²) in [5.74, 6) is 3.08. The fraction of sp³-hybridized carbons (Fsp3) is 0.109. The van der Waals surface area contributed by atoms with E-state index in [1.165, 1.54) is 53.0 Å². The van der Waals surface area contributed by atoms with E-state index in [2.05, 4.69) is 164 Å². The van der Waals surface area contributed by atoms with E-state index in [-0.39, 0.29) is 0 Å². The van der Waals surface area contributed by atoms with Crippen molar-refractivity contribution >= 4 is 59.8 Å². The van der Waals surface area contributed by atoms with Crippen molar-refractivity contribution in [2.45, 2.75) is 25.7 Å². The van der Waals surface area contributed by atoms with Crippen molar-refractivity contribution in [1.29, 1.82) is 0 Å². The van der Waals surface area contributed by atoms with E-state index >= 15 is 0 Å². The van der Waals surface area contributed by atoms with Crippen molar-refractivity contribution in [2.24, 2.45) is 11.8 Å². The van der Waals surface area contributed by atoms with Crippen molar-refractivity contribution in [3.63, 3.8) is 0 Å². The minimum atomic E-state index is 0.571. The Hall–Kier alpha value is -7.17. The molecule has 280 valence electrons. The Morgan fingerprint density at radius 1 is 0.441 bits per heavy atom. The summed E-state index contributed by atoms with van der Waals surface area (Å²) in [6, 6.07) is 55.9. The second-order valence-corrected chi connectivity index (χ2v) is 16.2. The molecule has 4 heteroatoms. The van der Waals surface area contributed by atoms with Crippen molar-refractivity contribution in [2.75, 3.05) is 0 Å². The van der Waals surface area contributed by atoms with Gasteiger partial charge >= 0.3 is 0 Å². The summed E-state index contributed by atoms with van der Waals surface area (Å²) in [6.45, 7) is 0. The molecule has 8 aromatic carbocycles. The molecule has 1 fully saturated rings. The molecule has 2 aromatic heterocycles. The summed E-state index contributed by atoms with van der Waals surface area (Å²) in [4.78, 5) is 16.3. The molecule has 0 N–H and O–H groups in total. The molecule has 0 spiro atoms. The monoisotopic (exact) mass is 757 g/mol. The smallest absolute Gasteiger partial charge is 0.167 e. The molecular formula is C55H39N3O. The van der Waals surface area contributed by atoms with Crippen molar-refractivity contribution in [1.82, 2.24) is 15.0 Å². The Morgan fingerprint density at radius 2 is 1.07 bits per heavy atom. The molecule has 2 aliphatic rings. The van der Waals surface area contributed by atoms with Gasteiger partial charge in [0.2, 0.25) is 0 Å². The maximum atomic E-state index is 6.61. The molecule has 4 nitrogen and oxygen atoms in total. The number of para-hydroxylation sites is 2. The molecule has 2 atom stereocenters. The topological polar surface area (TPSA) is 51.8 Å². The van der Waals surface area contributed by atoms with E-state index in [0.717, 1.165) is 65.9 Å². The molecular weight excluding hydrogens is 719 g/mol. The second-order valence-electron chi connectivity index (χ2n) is 16.2. The molecule has 2 heterocycles. The van der Waals surface area contributed by atoms with Gasteiger partial charge in [-0.15, -0.1) is 0 Å². The zero-order valence-electron chi connectivity index (χ0n) is 32.5. The SMILES string of the molecule is C1=CC2CCCCC2C=C1c1ccc(-c2nc(-c3c(-c4ccc5ccccc5c4)ccc4ccccc34)nc(-c3cccc4c3oc3ccccc34)n2)c2ccccc12. The highest BCUT2D eigenvalue weighted by atomic mass is 16.3. The van der Waals surface area contributed by atoms with Gasteiger partial charge in [-0.25, -0.2) is 15.0 Å². The molecule has 0 saturated heterocycles. The van der Waals surface area contributed by atoms with Gasteiger partial charge in [-0.05, 0) is 104 Å².